The van der Waals surface area contributed by atoms with Crippen molar-refractivity contribution in [3.8, 4) is 0 Å². The summed E-state index contributed by atoms with van der Waals surface area (Å²) in [4.78, 5) is 0. The van der Waals surface area contributed by atoms with Crippen LogP contribution in [-0.4, -0.2) is 0 Å². The van der Waals surface area contributed by atoms with Gasteiger partial charge in [-0.15, -0.1) is 5.73 Å². The van der Waals surface area contributed by atoms with E-state index in [2.05, 4.69) is 25.3 Å². The summed E-state index contributed by atoms with van der Waals surface area (Å²) in [6, 6.07) is 0. The molecule has 0 nitrogen and oxygen atoms in total. The summed E-state index contributed by atoms with van der Waals surface area (Å²) in [5.74, 6) is 1.63. The Bertz CT molecular complexity index is 140. The Morgan fingerprint density at radius 2 is 2.10 bits per heavy atom. The molecule has 1 aliphatic rings. The van der Waals surface area contributed by atoms with Crippen LogP contribution in [-0.2, 0) is 0 Å². The average Bonchev–Trinajstić information content (AvgIpc) is 1.94. The molecule has 2 atom stereocenters. The van der Waals surface area contributed by atoms with Crippen molar-refractivity contribution < 1.29 is 0 Å². The normalized spacial score (nSPS) is 32.9. The van der Waals surface area contributed by atoms with Crippen LogP contribution in [0.15, 0.2) is 18.4 Å². The van der Waals surface area contributed by atoms with Crippen LogP contribution >= 0.6 is 0 Å². The molecule has 1 rings (SSSR count). The van der Waals surface area contributed by atoms with Gasteiger partial charge in [0.2, 0.25) is 0 Å². The number of hydrogen-bond donors (Lipinski definition) is 0. The zero-order chi connectivity index (χ0) is 7.40. The SMILES string of the molecule is C=C=CC1CCCC[C@H]1C. The zero-order valence-electron chi connectivity index (χ0n) is 6.77. The van der Waals surface area contributed by atoms with E-state index in [0.29, 0.717) is 0 Å². The summed E-state index contributed by atoms with van der Waals surface area (Å²) in [5.41, 5.74) is 2.89. The highest BCUT2D eigenvalue weighted by Crippen LogP contribution is 2.29. The van der Waals surface area contributed by atoms with Crippen molar-refractivity contribution in [1.82, 2.24) is 0 Å². The monoisotopic (exact) mass is 136 g/mol. The predicted octanol–water partition coefficient (Wildman–Crippen LogP) is 3.15. The Hall–Kier alpha value is -0.480. The van der Waals surface area contributed by atoms with Crippen LogP contribution in [0.5, 0.6) is 0 Å². The van der Waals surface area contributed by atoms with E-state index in [1.165, 1.54) is 25.7 Å². The van der Waals surface area contributed by atoms with E-state index in [1.807, 2.05) is 0 Å². The van der Waals surface area contributed by atoms with Gasteiger partial charge in [0.25, 0.3) is 0 Å². The largest absolute Gasteiger partial charge is 0.133 e. The first kappa shape index (κ1) is 7.63. The molecule has 56 valence electrons. The Labute approximate surface area is 63.6 Å². The molecule has 0 N–H and O–H groups in total. The molecule has 0 aliphatic heterocycles. The minimum Gasteiger partial charge on any atom is -0.133 e. The maximum absolute atomic E-state index is 3.61. The molecule has 0 saturated heterocycles. The van der Waals surface area contributed by atoms with Crippen molar-refractivity contribution in [1.29, 1.82) is 0 Å². The fourth-order valence-electron chi connectivity index (χ4n) is 1.74. The van der Waals surface area contributed by atoms with Gasteiger partial charge in [0.1, 0.15) is 0 Å². The Morgan fingerprint density at radius 1 is 1.40 bits per heavy atom. The Morgan fingerprint density at radius 3 is 2.70 bits per heavy atom. The van der Waals surface area contributed by atoms with Crippen molar-refractivity contribution in [3.63, 3.8) is 0 Å². The summed E-state index contributed by atoms with van der Waals surface area (Å²) < 4.78 is 0. The summed E-state index contributed by atoms with van der Waals surface area (Å²) in [7, 11) is 0. The molecule has 0 heterocycles. The molecular formula is C10H16. The molecule has 10 heavy (non-hydrogen) atoms. The highest BCUT2D eigenvalue weighted by atomic mass is 14.2. The summed E-state index contributed by atoms with van der Waals surface area (Å²) in [6.07, 6.45) is 7.70. The Balaban J connectivity index is 2.47. The zero-order valence-corrected chi connectivity index (χ0v) is 6.77. The summed E-state index contributed by atoms with van der Waals surface area (Å²) >= 11 is 0. The van der Waals surface area contributed by atoms with Crippen molar-refractivity contribution in [3.05, 3.63) is 18.4 Å². The van der Waals surface area contributed by atoms with Crippen LogP contribution in [0.1, 0.15) is 32.6 Å². The Kier molecular flexibility index (Phi) is 2.77. The average molecular weight is 136 g/mol. The molecule has 1 saturated carbocycles. The van der Waals surface area contributed by atoms with Gasteiger partial charge in [-0.2, -0.15) is 0 Å². The third-order valence-electron chi connectivity index (χ3n) is 2.51. The highest BCUT2D eigenvalue weighted by Gasteiger charge is 2.17. The van der Waals surface area contributed by atoms with Crippen LogP contribution in [0.4, 0.5) is 0 Å². The lowest BCUT2D eigenvalue weighted by Gasteiger charge is -2.25. The molecule has 0 spiro atoms. The molecule has 0 aromatic heterocycles. The quantitative estimate of drug-likeness (QED) is 0.486. The van der Waals surface area contributed by atoms with Crippen LogP contribution < -0.4 is 0 Å². The minimum absolute atomic E-state index is 0.770. The number of allylic oxidation sites excluding steroid dienone is 1. The summed E-state index contributed by atoms with van der Waals surface area (Å²) in [6.45, 7) is 5.94. The maximum Gasteiger partial charge on any atom is -0.0132 e. The second-order valence-corrected chi connectivity index (χ2v) is 3.30. The highest BCUT2D eigenvalue weighted by molar-refractivity contribution is 4.89. The second kappa shape index (κ2) is 3.63. The van der Waals surface area contributed by atoms with Crippen LogP contribution in [0.2, 0.25) is 0 Å². The van der Waals surface area contributed by atoms with Crippen molar-refractivity contribution in [2.75, 3.05) is 0 Å². The molecular weight excluding hydrogens is 120 g/mol. The van der Waals surface area contributed by atoms with Crippen LogP contribution in [0, 0.1) is 11.8 Å². The van der Waals surface area contributed by atoms with Gasteiger partial charge in [0, 0.05) is 0 Å². The van der Waals surface area contributed by atoms with Crippen molar-refractivity contribution >= 4 is 0 Å². The molecule has 1 unspecified atom stereocenters. The maximum atomic E-state index is 3.61. The summed E-state index contributed by atoms with van der Waals surface area (Å²) in [5, 5.41) is 0. The third-order valence-corrected chi connectivity index (χ3v) is 2.51. The molecule has 0 heteroatoms. The van der Waals surface area contributed by atoms with E-state index in [1.54, 1.807) is 0 Å². The minimum atomic E-state index is 0.770. The molecule has 1 aliphatic carbocycles. The second-order valence-electron chi connectivity index (χ2n) is 3.30. The fourth-order valence-corrected chi connectivity index (χ4v) is 1.74. The van der Waals surface area contributed by atoms with Gasteiger partial charge in [0.05, 0.1) is 0 Å². The smallest absolute Gasteiger partial charge is 0.0132 e. The first-order chi connectivity index (χ1) is 4.84. The van der Waals surface area contributed by atoms with E-state index in [9.17, 15) is 0 Å². The van der Waals surface area contributed by atoms with Crippen LogP contribution in [0.25, 0.3) is 0 Å². The van der Waals surface area contributed by atoms with Gasteiger partial charge in [-0.1, -0.05) is 32.8 Å². The van der Waals surface area contributed by atoms with E-state index in [-0.39, 0.29) is 0 Å². The molecule has 0 bridgehead atoms. The van der Waals surface area contributed by atoms with Gasteiger partial charge in [-0.3, -0.25) is 0 Å². The van der Waals surface area contributed by atoms with Gasteiger partial charge < -0.3 is 0 Å². The third kappa shape index (κ3) is 1.75. The van der Waals surface area contributed by atoms with Gasteiger partial charge in [-0.25, -0.2) is 0 Å². The van der Waals surface area contributed by atoms with Gasteiger partial charge in [-0.05, 0) is 24.3 Å². The van der Waals surface area contributed by atoms with E-state index in [4.69, 9.17) is 0 Å². The van der Waals surface area contributed by atoms with Gasteiger partial charge in [0.15, 0.2) is 0 Å². The van der Waals surface area contributed by atoms with Crippen molar-refractivity contribution in [2.45, 2.75) is 32.6 Å². The standard InChI is InChI=1S/C10H16/c1-3-6-10-8-5-4-7-9(10)2/h6,9-10H,1,4-5,7-8H2,2H3/t9-,10?/m1/s1. The van der Waals surface area contributed by atoms with Gasteiger partial charge >= 0.3 is 0 Å². The van der Waals surface area contributed by atoms with E-state index >= 15 is 0 Å². The number of hydrogen-bond acceptors (Lipinski definition) is 0. The first-order valence-electron chi connectivity index (χ1n) is 4.20. The molecule has 0 aromatic rings. The molecule has 0 amide bonds. The lowest BCUT2D eigenvalue weighted by Crippen LogP contribution is -2.13. The lowest BCUT2D eigenvalue weighted by atomic mass is 9.80. The van der Waals surface area contributed by atoms with Crippen LogP contribution in [0.3, 0.4) is 0 Å². The van der Waals surface area contributed by atoms with E-state index in [0.717, 1.165) is 11.8 Å². The molecule has 1 fully saturated rings. The lowest BCUT2D eigenvalue weighted by molar-refractivity contribution is 0.307. The number of rotatable bonds is 1. The first-order valence-corrected chi connectivity index (χ1v) is 4.20. The predicted molar refractivity (Wildman–Crippen MR) is 44.8 cm³/mol. The van der Waals surface area contributed by atoms with E-state index < -0.39 is 0 Å². The molecule has 0 aromatic carbocycles. The fraction of sp³-hybridized carbons (Fsp3) is 0.700. The van der Waals surface area contributed by atoms with Crippen molar-refractivity contribution in [2.24, 2.45) is 11.8 Å². The topological polar surface area (TPSA) is 0 Å². The molecule has 0 radical (unpaired) electrons.